The molecule has 1 aliphatic rings. The number of unbranched alkanes of at least 4 members (excludes halogenated alkanes) is 1. The van der Waals surface area contributed by atoms with E-state index < -0.39 is 5.54 Å². The van der Waals surface area contributed by atoms with E-state index >= 15 is 0 Å². The maximum Gasteiger partial charge on any atom is 0.240 e. The number of carbonyl (C=O) groups excluding carboxylic acids is 1. The highest BCUT2D eigenvalue weighted by Crippen LogP contribution is 2.31. The molecule has 0 aromatic heterocycles. The SMILES string of the molecule is CN(CCCCNC(=O)C1(N)CC1)c1ccccc1.Cl.Cl. The van der Waals surface area contributed by atoms with Crippen LogP contribution in [0.15, 0.2) is 30.3 Å². The van der Waals surface area contributed by atoms with Crippen LogP contribution >= 0.6 is 24.8 Å². The average Bonchev–Trinajstić information content (AvgIpc) is 3.18. The first-order chi connectivity index (χ1) is 9.12. The van der Waals surface area contributed by atoms with E-state index in [-0.39, 0.29) is 30.7 Å². The van der Waals surface area contributed by atoms with Crippen molar-refractivity contribution in [2.75, 3.05) is 25.0 Å². The highest BCUT2D eigenvalue weighted by molar-refractivity contribution is 5.88. The van der Waals surface area contributed by atoms with Gasteiger partial charge in [-0.25, -0.2) is 0 Å². The highest BCUT2D eigenvalue weighted by atomic mass is 35.5. The van der Waals surface area contributed by atoms with Gasteiger partial charge in [0.05, 0.1) is 5.54 Å². The molecule has 1 aliphatic carbocycles. The van der Waals surface area contributed by atoms with Gasteiger partial charge in [0.15, 0.2) is 0 Å². The molecule has 1 aromatic rings. The number of para-hydroxylation sites is 1. The molecule has 0 spiro atoms. The Morgan fingerprint density at radius 3 is 2.43 bits per heavy atom. The summed E-state index contributed by atoms with van der Waals surface area (Å²) in [5.41, 5.74) is 6.50. The van der Waals surface area contributed by atoms with E-state index in [1.807, 2.05) is 18.2 Å². The first-order valence-corrected chi connectivity index (χ1v) is 6.95. The second-order valence-electron chi connectivity index (χ2n) is 5.38. The number of benzene rings is 1. The van der Waals surface area contributed by atoms with Gasteiger partial charge in [0.2, 0.25) is 5.91 Å². The zero-order chi connectivity index (χ0) is 13.7. The number of nitrogens with one attached hydrogen (secondary N) is 1. The molecule has 1 amide bonds. The fraction of sp³-hybridized carbons (Fsp3) is 0.533. The Labute approximate surface area is 139 Å². The first kappa shape index (κ1) is 20.0. The molecular formula is C15H25Cl2N3O. The lowest BCUT2D eigenvalue weighted by Crippen LogP contribution is -2.43. The molecule has 4 nitrogen and oxygen atoms in total. The Kier molecular flexibility index (Phi) is 8.71. The van der Waals surface area contributed by atoms with Crippen molar-refractivity contribution in [3.05, 3.63) is 30.3 Å². The Bertz CT molecular complexity index is 424. The summed E-state index contributed by atoms with van der Waals surface area (Å²) in [6.45, 7) is 1.72. The molecule has 6 heteroatoms. The predicted octanol–water partition coefficient (Wildman–Crippen LogP) is 2.35. The number of anilines is 1. The number of carbonyl (C=O) groups is 1. The van der Waals surface area contributed by atoms with E-state index in [9.17, 15) is 4.79 Å². The molecule has 3 N–H and O–H groups in total. The van der Waals surface area contributed by atoms with Crippen molar-refractivity contribution in [2.45, 2.75) is 31.2 Å². The van der Waals surface area contributed by atoms with E-state index in [4.69, 9.17) is 5.73 Å². The van der Waals surface area contributed by atoms with Gasteiger partial charge in [0.1, 0.15) is 0 Å². The second kappa shape index (κ2) is 9.13. The Hall–Kier alpha value is -0.970. The lowest BCUT2D eigenvalue weighted by atomic mass is 10.2. The van der Waals surface area contributed by atoms with Crippen LogP contribution in [-0.2, 0) is 4.79 Å². The maximum absolute atomic E-state index is 11.6. The van der Waals surface area contributed by atoms with Crippen LogP contribution in [0.4, 0.5) is 5.69 Å². The Balaban J connectivity index is 0.00000200. The van der Waals surface area contributed by atoms with E-state index in [0.717, 1.165) is 38.8 Å². The van der Waals surface area contributed by atoms with Crippen LogP contribution in [0.2, 0.25) is 0 Å². The second-order valence-corrected chi connectivity index (χ2v) is 5.38. The lowest BCUT2D eigenvalue weighted by Gasteiger charge is -2.19. The lowest BCUT2D eigenvalue weighted by molar-refractivity contribution is -0.123. The number of halogens is 2. The van der Waals surface area contributed by atoms with E-state index in [1.165, 1.54) is 5.69 Å². The van der Waals surface area contributed by atoms with Gasteiger partial charge >= 0.3 is 0 Å². The number of nitrogens with zero attached hydrogens (tertiary/aromatic N) is 1. The standard InChI is InChI=1S/C15H23N3O.2ClH/c1-18(13-7-3-2-4-8-13)12-6-5-11-17-14(19)15(16)9-10-15;;/h2-4,7-8H,5-6,9-12,16H2,1H3,(H,17,19);2*1H. The number of rotatable bonds is 7. The molecule has 0 saturated heterocycles. The number of nitrogens with two attached hydrogens (primary N) is 1. The Morgan fingerprint density at radius 1 is 1.24 bits per heavy atom. The summed E-state index contributed by atoms with van der Waals surface area (Å²) < 4.78 is 0. The van der Waals surface area contributed by atoms with E-state index in [0.29, 0.717) is 0 Å². The third kappa shape index (κ3) is 6.12. The minimum absolute atomic E-state index is 0. The summed E-state index contributed by atoms with van der Waals surface area (Å²) in [6, 6.07) is 10.3. The van der Waals surface area contributed by atoms with Gasteiger partial charge in [-0.3, -0.25) is 4.79 Å². The topological polar surface area (TPSA) is 58.4 Å². The molecule has 0 unspecified atom stereocenters. The molecular weight excluding hydrogens is 309 g/mol. The fourth-order valence-corrected chi connectivity index (χ4v) is 2.03. The van der Waals surface area contributed by atoms with Crippen LogP contribution in [0.25, 0.3) is 0 Å². The largest absolute Gasteiger partial charge is 0.375 e. The molecule has 1 saturated carbocycles. The number of hydrogen-bond donors (Lipinski definition) is 2. The summed E-state index contributed by atoms with van der Waals surface area (Å²) in [5.74, 6) is 0.0175. The molecule has 0 aliphatic heterocycles. The van der Waals surface area contributed by atoms with Crippen molar-refractivity contribution < 1.29 is 4.79 Å². The normalized spacial score (nSPS) is 14.4. The van der Waals surface area contributed by atoms with Gasteiger partial charge in [-0.15, -0.1) is 24.8 Å². The molecule has 120 valence electrons. The molecule has 0 atom stereocenters. The molecule has 2 rings (SSSR count). The quantitative estimate of drug-likeness (QED) is 0.753. The van der Waals surface area contributed by atoms with Crippen molar-refractivity contribution in [3.8, 4) is 0 Å². The summed E-state index contributed by atoms with van der Waals surface area (Å²) in [6.07, 6.45) is 3.70. The first-order valence-electron chi connectivity index (χ1n) is 6.95. The minimum atomic E-state index is -0.541. The van der Waals surface area contributed by atoms with Crippen LogP contribution in [0.5, 0.6) is 0 Å². The third-order valence-corrected chi connectivity index (χ3v) is 3.64. The van der Waals surface area contributed by atoms with Gasteiger partial charge < -0.3 is 16.0 Å². The molecule has 0 radical (unpaired) electrons. The zero-order valence-electron chi connectivity index (χ0n) is 12.4. The van der Waals surface area contributed by atoms with Crippen LogP contribution in [0, 0.1) is 0 Å². The van der Waals surface area contributed by atoms with Gasteiger partial charge in [-0.2, -0.15) is 0 Å². The van der Waals surface area contributed by atoms with Crippen molar-refractivity contribution in [2.24, 2.45) is 5.73 Å². The van der Waals surface area contributed by atoms with Crippen LogP contribution in [-0.4, -0.2) is 31.6 Å². The smallest absolute Gasteiger partial charge is 0.240 e. The van der Waals surface area contributed by atoms with Gasteiger partial charge in [-0.05, 0) is 37.8 Å². The van der Waals surface area contributed by atoms with Crippen molar-refractivity contribution in [1.82, 2.24) is 5.32 Å². The van der Waals surface area contributed by atoms with Gasteiger partial charge in [0, 0.05) is 25.8 Å². The monoisotopic (exact) mass is 333 g/mol. The number of amides is 1. The Morgan fingerprint density at radius 2 is 1.86 bits per heavy atom. The summed E-state index contributed by atoms with van der Waals surface area (Å²) >= 11 is 0. The van der Waals surface area contributed by atoms with Crippen molar-refractivity contribution in [3.63, 3.8) is 0 Å². The van der Waals surface area contributed by atoms with Crippen molar-refractivity contribution >= 4 is 36.4 Å². The van der Waals surface area contributed by atoms with Crippen LogP contribution < -0.4 is 16.0 Å². The van der Waals surface area contributed by atoms with Gasteiger partial charge in [0.25, 0.3) is 0 Å². The molecule has 21 heavy (non-hydrogen) atoms. The predicted molar refractivity (Wildman–Crippen MR) is 92.6 cm³/mol. The average molecular weight is 334 g/mol. The van der Waals surface area contributed by atoms with Gasteiger partial charge in [-0.1, -0.05) is 18.2 Å². The van der Waals surface area contributed by atoms with Crippen molar-refractivity contribution in [1.29, 1.82) is 0 Å². The summed E-state index contributed by atoms with van der Waals surface area (Å²) in [7, 11) is 2.09. The third-order valence-electron chi connectivity index (χ3n) is 3.64. The molecule has 1 fully saturated rings. The zero-order valence-corrected chi connectivity index (χ0v) is 14.0. The highest BCUT2D eigenvalue weighted by Gasteiger charge is 2.45. The van der Waals surface area contributed by atoms with Crippen LogP contribution in [0.3, 0.4) is 0 Å². The van der Waals surface area contributed by atoms with E-state index in [1.54, 1.807) is 0 Å². The number of hydrogen-bond acceptors (Lipinski definition) is 3. The summed E-state index contributed by atoms with van der Waals surface area (Å²) in [5, 5.41) is 2.92. The van der Waals surface area contributed by atoms with E-state index in [2.05, 4.69) is 29.4 Å². The van der Waals surface area contributed by atoms with Crippen LogP contribution in [0.1, 0.15) is 25.7 Å². The molecule has 0 bridgehead atoms. The fourth-order valence-electron chi connectivity index (χ4n) is 2.03. The maximum atomic E-state index is 11.6. The molecule has 0 heterocycles. The molecule has 1 aromatic carbocycles. The summed E-state index contributed by atoms with van der Waals surface area (Å²) in [4.78, 5) is 13.8. The minimum Gasteiger partial charge on any atom is -0.375 e.